The molecule has 5 nitrogen and oxygen atoms in total. The molecule has 0 amide bonds. The van der Waals surface area contributed by atoms with E-state index in [-0.39, 0.29) is 18.0 Å². The van der Waals surface area contributed by atoms with Gasteiger partial charge in [-0.2, -0.15) is 0 Å². The van der Waals surface area contributed by atoms with E-state index in [0.717, 1.165) is 49.5 Å². The number of ether oxygens (including phenoxy) is 1. The zero-order valence-corrected chi connectivity index (χ0v) is 16.5. The predicted molar refractivity (Wildman–Crippen MR) is 106 cm³/mol. The third-order valence-electron chi connectivity index (χ3n) is 5.94. The maximum Gasteiger partial charge on any atom is 0.152 e. The molecule has 2 aromatic heterocycles. The van der Waals surface area contributed by atoms with Gasteiger partial charge in [0.05, 0.1) is 11.1 Å². The zero-order chi connectivity index (χ0) is 19.3. The highest BCUT2D eigenvalue weighted by atomic mass is 35.5. The molecule has 28 heavy (non-hydrogen) atoms. The summed E-state index contributed by atoms with van der Waals surface area (Å²) < 4.78 is 22.8. The lowest BCUT2D eigenvalue weighted by Gasteiger charge is -2.23. The molecule has 146 valence electrons. The van der Waals surface area contributed by atoms with Gasteiger partial charge in [0.1, 0.15) is 23.8 Å². The number of halogens is 2. The molecule has 0 spiro atoms. The van der Waals surface area contributed by atoms with Crippen LogP contribution in [0.1, 0.15) is 42.1 Å². The van der Waals surface area contributed by atoms with Gasteiger partial charge in [-0.25, -0.2) is 14.4 Å². The molecule has 1 aromatic carbocycles. The number of nitrogens with zero attached hydrogens (tertiary/aromatic N) is 3. The lowest BCUT2D eigenvalue weighted by molar-refractivity contribution is 0.202. The van der Waals surface area contributed by atoms with Crippen LogP contribution in [-0.4, -0.2) is 27.2 Å². The Labute approximate surface area is 167 Å². The highest BCUT2D eigenvalue weighted by molar-refractivity contribution is 6.30. The fraction of sp³-hybridized carbons (Fsp3) is 0.429. The van der Waals surface area contributed by atoms with Gasteiger partial charge in [-0.1, -0.05) is 11.6 Å². The lowest BCUT2D eigenvalue weighted by atomic mass is 10.00. The first kappa shape index (κ1) is 17.9. The first-order valence-corrected chi connectivity index (χ1v) is 10.1. The molecule has 1 N–H and O–H groups in total. The van der Waals surface area contributed by atoms with E-state index in [1.54, 1.807) is 6.20 Å². The number of benzene rings is 1. The van der Waals surface area contributed by atoms with Crippen molar-refractivity contribution in [3.63, 3.8) is 0 Å². The number of rotatable bonds is 3. The number of fused-ring (bicyclic) bond motifs is 2. The van der Waals surface area contributed by atoms with E-state index in [2.05, 4.69) is 15.3 Å². The molecule has 1 aliphatic carbocycles. The Bertz CT molecular complexity index is 1050. The Balaban J connectivity index is 1.39. The molecule has 0 saturated heterocycles. The summed E-state index contributed by atoms with van der Waals surface area (Å²) in [4.78, 5) is 8.45. The first-order valence-electron chi connectivity index (χ1n) is 9.76. The Morgan fingerprint density at radius 2 is 2.18 bits per heavy atom. The summed E-state index contributed by atoms with van der Waals surface area (Å²) in [7, 11) is 0. The van der Waals surface area contributed by atoms with E-state index in [1.807, 2.05) is 23.6 Å². The molecule has 1 aliphatic heterocycles. The van der Waals surface area contributed by atoms with Crippen LogP contribution in [0.2, 0.25) is 5.02 Å². The van der Waals surface area contributed by atoms with Crippen molar-refractivity contribution >= 4 is 22.6 Å². The summed E-state index contributed by atoms with van der Waals surface area (Å²) in [5, 5.41) is 4.64. The Kier molecular flexibility index (Phi) is 4.48. The predicted octanol–water partition coefficient (Wildman–Crippen LogP) is 4.35. The summed E-state index contributed by atoms with van der Waals surface area (Å²) in [6, 6.07) is 4.13. The molecule has 5 rings (SSSR count). The topological polar surface area (TPSA) is 52.0 Å². The average Bonchev–Trinajstić information content (AvgIpc) is 3.27. The molecule has 1 saturated carbocycles. The lowest BCUT2D eigenvalue weighted by Crippen LogP contribution is -2.25. The highest BCUT2D eigenvalue weighted by Gasteiger charge is 2.30. The number of aromatic nitrogens is 3. The molecule has 3 aromatic rings. The minimum absolute atomic E-state index is 0.0814. The van der Waals surface area contributed by atoms with Crippen molar-refractivity contribution in [2.24, 2.45) is 0 Å². The molecule has 2 aliphatic rings. The standard InChI is InChI=1S/C21H22ClFN4O/c1-12-20-18(23)10-27(21(20)26-11-25-12)15-2-3-16(8-15)28-19-7-14(22)6-13-4-5-24-9-17(13)19/h6-7,10-11,15-16,24H,2-5,8-9H2,1H3. The molecule has 0 bridgehead atoms. The first-order chi connectivity index (χ1) is 13.6. The number of nitrogens with one attached hydrogen (secondary N) is 1. The van der Waals surface area contributed by atoms with Crippen LogP contribution in [0.15, 0.2) is 24.7 Å². The normalized spacial score (nSPS) is 21.8. The largest absolute Gasteiger partial charge is 0.490 e. The maximum atomic E-state index is 14.4. The fourth-order valence-electron chi connectivity index (χ4n) is 4.55. The third kappa shape index (κ3) is 3.05. The monoisotopic (exact) mass is 400 g/mol. The summed E-state index contributed by atoms with van der Waals surface area (Å²) >= 11 is 6.31. The summed E-state index contributed by atoms with van der Waals surface area (Å²) in [6.07, 6.45) is 6.78. The molecular formula is C21H22ClFN4O. The van der Waals surface area contributed by atoms with Crippen LogP contribution in [0.3, 0.4) is 0 Å². The average molecular weight is 401 g/mol. The van der Waals surface area contributed by atoms with Crippen LogP contribution in [0.25, 0.3) is 11.0 Å². The van der Waals surface area contributed by atoms with Gasteiger partial charge in [0.15, 0.2) is 5.82 Å². The highest BCUT2D eigenvalue weighted by Crippen LogP contribution is 2.38. The van der Waals surface area contributed by atoms with E-state index < -0.39 is 0 Å². The number of aryl methyl sites for hydroxylation is 1. The number of hydrogen-bond donors (Lipinski definition) is 1. The van der Waals surface area contributed by atoms with E-state index in [0.29, 0.717) is 16.7 Å². The van der Waals surface area contributed by atoms with Crippen LogP contribution in [0, 0.1) is 12.7 Å². The summed E-state index contributed by atoms with van der Waals surface area (Å²) in [5.41, 5.74) is 3.81. The molecular weight excluding hydrogens is 379 g/mol. The molecule has 2 atom stereocenters. The minimum Gasteiger partial charge on any atom is -0.490 e. The van der Waals surface area contributed by atoms with Crippen molar-refractivity contribution < 1.29 is 9.13 Å². The molecule has 2 unspecified atom stereocenters. The molecule has 1 fully saturated rings. The van der Waals surface area contributed by atoms with Gasteiger partial charge in [-0.15, -0.1) is 0 Å². The van der Waals surface area contributed by atoms with Crippen LogP contribution in [-0.2, 0) is 13.0 Å². The van der Waals surface area contributed by atoms with Gasteiger partial charge in [-0.05, 0) is 50.4 Å². The van der Waals surface area contributed by atoms with Gasteiger partial charge in [-0.3, -0.25) is 0 Å². The molecule has 0 radical (unpaired) electrons. The Morgan fingerprint density at radius 3 is 3.07 bits per heavy atom. The van der Waals surface area contributed by atoms with Crippen LogP contribution < -0.4 is 10.1 Å². The van der Waals surface area contributed by atoms with Crippen molar-refractivity contribution in [1.82, 2.24) is 19.9 Å². The summed E-state index contributed by atoms with van der Waals surface area (Å²) in [6.45, 7) is 3.59. The van der Waals surface area contributed by atoms with Crippen molar-refractivity contribution in [3.8, 4) is 5.75 Å². The van der Waals surface area contributed by atoms with E-state index >= 15 is 0 Å². The second-order valence-electron chi connectivity index (χ2n) is 7.72. The third-order valence-corrected chi connectivity index (χ3v) is 6.15. The van der Waals surface area contributed by atoms with E-state index in [4.69, 9.17) is 16.3 Å². The Morgan fingerprint density at radius 1 is 1.29 bits per heavy atom. The van der Waals surface area contributed by atoms with Crippen LogP contribution >= 0.6 is 11.6 Å². The number of hydrogen-bond acceptors (Lipinski definition) is 4. The minimum atomic E-state index is -0.257. The van der Waals surface area contributed by atoms with Crippen molar-refractivity contribution in [1.29, 1.82) is 0 Å². The van der Waals surface area contributed by atoms with E-state index in [1.165, 1.54) is 17.5 Å². The second kappa shape index (κ2) is 7.01. The quantitative estimate of drug-likeness (QED) is 0.710. The van der Waals surface area contributed by atoms with Crippen LogP contribution in [0.4, 0.5) is 4.39 Å². The van der Waals surface area contributed by atoms with Gasteiger partial charge in [0.2, 0.25) is 0 Å². The van der Waals surface area contributed by atoms with Gasteiger partial charge in [0.25, 0.3) is 0 Å². The maximum absolute atomic E-state index is 14.4. The van der Waals surface area contributed by atoms with E-state index in [9.17, 15) is 4.39 Å². The smallest absolute Gasteiger partial charge is 0.152 e. The van der Waals surface area contributed by atoms with Crippen LogP contribution in [0.5, 0.6) is 5.75 Å². The van der Waals surface area contributed by atoms with Crippen molar-refractivity contribution in [2.45, 2.75) is 51.3 Å². The summed E-state index contributed by atoms with van der Waals surface area (Å²) in [5.74, 6) is 0.620. The van der Waals surface area contributed by atoms with Gasteiger partial charge >= 0.3 is 0 Å². The molecule has 3 heterocycles. The Hall–Kier alpha value is -2.18. The van der Waals surface area contributed by atoms with Crippen molar-refractivity contribution in [3.05, 3.63) is 52.3 Å². The molecule has 7 heteroatoms. The second-order valence-corrected chi connectivity index (χ2v) is 8.15. The van der Waals surface area contributed by atoms with Gasteiger partial charge in [0, 0.05) is 35.8 Å². The van der Waals surface area contributed by atoms with Crippen molar-refractivity contribution in [2.75, 3.05) is 6.54 Å². The SMILES string of the molecule is Cc1ncnc2c1c(F)cn2C1CCC(Oc2cc(Cl)cc3c2CNCC3)C1. The van der Waals surface area contributed by atoms with Gasteiger partial charge < -0.3 is 14.6 Å². The fourth-order valence-corrected chi connectivity index (χ4v) is 4.78. The zero-order valence-electron chi connectivity index (χ0n) is 15.7.